The maximum absolute atomic E-state index is 12.7. The van der Waals surface area contributed by atoms with Crippen LogP contribution in [-0.4, -0.2) is 39.5 Å². The van der Waals surface area contributed by atoms with Gasteiger partial charge < -0.3 is 10.0 Å². The number of amides is 1. The molecule has 1 aliphatic heterocycles. The van der Waals surface area contributed by atoms with E-state index in [1.807, 2.05) is 41.3 Å². The smallest absolute Gasteiger partial charge is 0.253 e. The van der Waals surface area contributed by atoms with Gasteiger partial charge in [0.25, 0.3) is 5.91 Å². The van der Waals surface area contributed by atoms with Crippen molar-refractivity contribution in [1.82, 2.24) is 4.90 Å². The van der Waals surface area contributed by atoms with Gasteiger partial charge in [0.2, 0.25) is 0 Å². The number of benzene rings is 2. The lowest BCUT2D eigenvalue weighted by atomic mass is 9.89. The van der Waals surface area contributed by atoms with Gasteiger partial charge in [-0.05, 0) is 54.2 Å². The quantitative estimate of drug-likeness (QED) is 0.913. The molecule has 132 valence electrons. The molecule has 1 fully saturated rings. The first-order valence-corrected chi connectivity index (χ1v) is 10.2. The molecule has 0 radical (unpaired) electrons. The van der Waals surface area contributed by atoms with Crippen molar-refractivity contribution in [2.45, 2.75) is 24.5 Å². The Kier molecular flexibility index (Phi) is 5.53. The molecule has 1 amide bonds. The number of hydrogen-bond acceptors (Lipinski definition) is 3. The summed E-state index contributed by atoms with van der Waals surface area (Å²) in [5, 5.41) is 9.40. The largest absolute Gasteiger partial charge is 0.508 e. The van der Waals surface area contributed by atoms with Crippen molar-refractivity contribution < 1.29 is 14.1 Å². The second kappa shape index (κ2) is 7.83. The topological polar surface area (TPSA) is 57.6 Å². The van der Waals surface area contributed by atoms with E-state index in [0.717, 1.165) is 31.5 Å². The van der Waals surface area contributed by atoms with E-state index in [1.54, 1.807) is 18.4 Å². The Morgan fingerprint density at radius 1 is 1.16 bits per heavy atom. The number of likely N-dealkylation sites (tertiary alicyclic amines) is 1. The Bertz CT molecular complexity index is 765. The van der Waals surface area contributed by atoms with Crippen LogP contribution in [0, 0.1) is 0 Å². The second-order valence-corrected chi connectivity index (χ2v) is 8.01. The van der Waals surface area contributed by atoms with Crippen LogP contribution in [0.4, 0.5) is 0 Å². The van der Waals surface area contributed by atoms with E-state index in [4.69, 9.17) is 0 Å². The van der Waals surface area contributed by atoms with Crippen LogP contribution in [0.5, 0.6) is 5.75 Å². The molecule has 2 aromatic rings. The summed E-state index contributed by atoms with van der Waals surface area (Å²) in [6, 6.07) is 14.8. The zero-order chi connectivity index (χ0) is 17.8. The SMILES string of the molecule is CS(=O)Cc1cccc(C(=O)N2CCC(c3ccc(O)cc3)CC2)c1. The summed E-state index contributed by atoms with van der Waals surface area (Å²) in [7, 11) is -0.913. The fraction of sp³-hybridized carbons (Fsp3) is 0.350. The number of carbonyl (C=O) groups is 1. The van der Waals surface area contributed by atoms with Gasteiger partial charge in [0.05, 0.1) is 0 Å². The van der Waals surface area contributed by atoms with Gasteiger partial charge in [-0.3, -0.25) is 9.00 Å². The first kappa shape index (κ1) is 17.7. The standard InChI is InChI=1S/C20H23NO3S/c1-25(24)14-15-3-2-4-18(13-15)20(23)21-11-9-17(10-12-21)16-5-7-19(22)8-6-16/h2-8,13,17,22H,9-12,14H2,1H3. The van der Waals surface area contributed by atoms with Crippen LogP contribution in [0.3, 0.4) is 0 Å². The highest BCUT2D eigenvalue weighted by atomic mass is 32.2. The van der Waals surface area contributed by atoms with Crippen molar-refractivity contribution in [2.75, 3.05) is 19.3 Å². The minimum absolute atomic E-state index is 0.0490. The number of aromatic hydroxyl groups is 1. The maximum Gasteiger partial charge on any atom is 0.253 e. The summed E-state index contributed by atoms with van der Waals surface area (Å²) < 4.78 is 11.4. The fourth-order valence-corrected chi connectivity index (χ4v) is 4.02. The van der Waals surface area contributed by atoms with Gasteiger partial charge in [0, 0.05) is 41.5 Å². The summed E-state index contributed by atoms with van der Waals surface area (Å²) in [5.74, 6) is 1.24. The van der Waals surface area contributed by atoms with Gasteiger partial charge in [-0.25, -0.2) is 0 Å². The predicted molar refractivity (Wildman–Crippen MR) is 100 cm³/mol. The number of rotatable bonds is 4. The van der Waals surface area contributed by atoms with Crippen LogP contribution in [0.1, 0.15) is 40.2 Å². The highest BCUT2D eigenvalue weighted by Crippen LogP contribution is 2.29. The van der Waals surface area contributed by atoms with Crippen molar-refractivity contribution in [3.8, 4) is 5.75 Å². The summed E-state index contributed by atoms with van der Waals surface area (Å²) >= 11 is 0. The van der Waals surface area contributed by atoms with Crippen molar-refractivity contribution in [3.05, 3.63) is 65.2 Å². The molecule has 0 bridgehead atoms. The van der Waals surface area contributed by atoms with E-state index in [9.17, 15) is 14.1 Å². The normalized spacial score (nSPS) is 16.6. The molecular formula is C20H23NO3S. The van der Waals surface area contributed by atoms with Gasteiger partial charge >= 0.3 is 0 Å². The molecule has 0 spiro atoms. The molecule has 1 heterocycles. The second-order valence-electron chi connectivity index (χ2n) is 6.58. The third kappa shape index (κ3) is 4.48. The Hall–Kier alpha value is -2.14. The lowest BCUT2D eigenvalue weighted by Gasteiger charge is -2.32. The first-order chi connectivity index (χ1) is 12.0. The van der Waals surface area contributed by atoms with E-state index < -0.39 is 10.8 Å². The molecule has 1 saturated heterocycles. The lowest BCUT2D eigenvalue weighted by Crippen LogP contribution is -2.37. The molecule has 25 heavy (non-hydrogen) atoms. The first-order valence-electron chi connectivity index (χ1n) is 8.50. The van der Waals surface area contributed by atoms with Gasteiger partial charge in [-0.2, -0.15) is 0 Å². The Balaban J connectivity index is 1.63. The minimum atomic E-state index is -0.913. The Morgan fingerprint density at radius 3 is 2.48 bits per heavy atom. The fourth-order valence-electron chi connectivity index (χ4n) is 3.37. The number of nitrogens with zero attached hydrogens (tertiary/aromatic N) is 1. The monoisotopic (exact) mass is 357 g/mol. The number of carbonyl (C=O) groups excluding carboxylic acids is 1. The van der Waals surface area contributed by atoms with Crippen molar-refractivity contribution in [1.29, 1.82) is 0 Å². The van der Waals surface area contributed by atoms with E-state index in [1.165, 1.54) is 5.56 Å². The average molecular weight is 357 g/mol. The molecular weight excluding hydrogens is 334 g/mol. The highest BCUT2D eigenvalue weighted by Gasteiger charge is 2.24. The summed E-state index contributed by atoms with van der Waals surface area (Å²) in [6.45, 7) is 1.46. The number of phenols is 1. The minimum Gasteiger partial charge on any atom is -0.508 e. The molecule has 0 aromatic heterocycles. The number of hydrogen-bond donors (Lipinski definition) is 1. The summed E-state index contributed by atoms with van der Waals surface area (Å²) in [6.07, 6.45) is 3.52. The molecule has 1 N–H and O–H groups in total. The van der Waals surface area contributed by atoms with Gasteiger partial charge in [0.1, 0.15) is 5.75 Å². The Labute approximate surface area is 150 Å². The van der Waals surface area contributed by atoms with Crippen LogP contribution in [-0.2, 0) is 16.6 Å². The molecule has 0 aliphatic carbocycles. The lowest BCUT2D eigenvalue weighted by molar-refractivity contribution is 0.0713. The van der Waals surface area contributed by atoms with Crippen LogP contribution in [0.15, 0.2) is 48.5 Å². The van der Waals surface area contributed by atoms with E-state index in [-0.39, 0.29) is 11.7 Å². The van der Waals surface area contributed by atoms with Gasteiger partial charge in [0.15, 0.2) is 0 Å². The van der Waals surface area contributed by atoms with Crippen molar-refractivity contribution >= 4 is 16.7 Å². The molecule has 1 aliphatic rings. The highest BCUT2D eigenvalue weighted by molar-refractivity contribution is 7.83. The summed E-state index contributed by atoms with van der Waals surface area (Å²) in [4.78, 5) is 14.6. The number of piperidine rings is 1. The van der Waals surface area contributed by atoms with Crippen LogP contribution >= 0.6 is 0 Å². The zero-order valence-electron chi connectivity index (χ0n) is 14.4. The van der Waals surface area contributed by atoms with E-state index in [0.29, 0.717) is 17.2 Å². The van der Waals surface area contributed by atoms with Crippen LogP contribution in [0.2, 0.25) is 0 Å². The third-order valence-corrected chi connectivity index (χ3v) is 5.43. The molecule has 4 nitrogen and oxygen atoms in total. The van der Waals surface area contributed by atoms with E-state index in [2.05, 4.69) is 0 Å². The van der Waals surface area contributed by atoms with Crippen molar-refractivity contribution in [3.63, 3.8) is 0 Å². The third-order valence-electron chi connectivity index (χ3n) is 4.69. The number of phenolic OH excluding ortho intramolecular Hbond substituents is 1. The summed E-state index contributed by atoms with van der Waals surface area (Å²) in [5.41, 5.74) is 2.83. The maximum atomic E-state index is 12.7. The predicted octanol–water partition coefficient (Wildman–Crippen LogP) is 3.29. The van der Waals surface area contributed by atoms with Gasteiger partial charge in [-0.15, -0.1) is 0 Å². The molecule has 1 unspecified atom stereocenters. The Morgan fingerprint density at radius 2 is 1.84 bits per heavy atom. The molecule has 0 saturated carbocycles. The zero-order valence-corrected chi connectivity index (χ0v) is 15.2. The van der Waals surface area contributed by atoms with Crippen LogP contribution in [0.25, 0.3) is 0 Å². The average Bonchev–Trinajstić information content (AvgIpc) is 2.62. The van der Waals surface area contributed by atoms with Crippen molar-refractivity contribution in [2.24, 2.45) is 0 Å². The molecule has 1 atom stereocenters. The molecule has 5 heteroatoms. The molecule has 2 aromatic carbocycles. The van der Waals surface area contributed by atoms with Crippen LogP contribution < -0.4 is 0 Å². The molecule has 3 rings (SSSR count). The van der Waals surface area contributed by atoms with Gasteiger partial charge in [-0.1, -0.05) is 24.3 Å². The van der Waals surface area contributed by atoms with E-state index >= 15 is 0 Å².